The summed E-state index contributed by atoms with van der Waals surface area (Å²) in [6, 6.07) is 0. The second kappa shape index (κ2) is 1.05. The van der Waals surface area contributed by atoms with Gasteiger partial charge in [-0.25, -0.2) is 8.78 Å². The summed E-state index contributed by atoms with van der Waals surface area (Å²) in [6.45, 7) is 3.24. The van der Waals surface area contributed by atoms with Gasteiger partial charge in [0.2, 0.25) is 0 Å². The molecule has 0 bridgehead atoms. The average Bonchev–Trinajstić information content (AvgIpc) is 2.13. The quantitative estimate of drug-likeness (QED) is 0.445. The Balaban J connectivity index is 2.44. The largest absolute Gasteiger partial charge is 0.255 e. The average molecular weight is 104 g/mol. The predicted molar refractivity (Wildman–Crippen MR) is 23.3 cm³/mol. The molecule has 0 nitrogen and oxygen atoms in total. The molecular formula is C5H6F2. The van der Waals surface area contributed by atoms with E-state index in [0.717, 1.165) is 0 Å². The van der Waals surface area contributed by atoms with Crippen LogP contribution in [0.4, 0.5) is 8.78 Å². The number of alkyl halides is 2. The van der Waals surface area contributed by atoms with Crippen molar-refractivity contribution >= 4 is 0 Å². The van der Waals surface area contributed by atoms with Crippen molar-refractivity contribution in [1.82, 2.24) is 0 Å². The normalized spacial score (nSPS) is 34.9. The first-order valence-corrected chi connectivity index (χ1v) is 2.17. The molecule has 1 atom stereocenters. The molecule has 0 spiro atoms. The number of hydrogen-bond acceptors (Lipinski definition) is 0. The Bertz CT molecular complexity index is 96.3. The maximum atomic E-state index is 11.7. The summed E-state index contributed by atoms with van der Waals surface area (Å²) in [4.78, 5) is 0. The fraction of sp³-hybridized carbons (Fsp3) is 0.600. The van der Waals surface area contributed by atoms with Gasteiger partial charge in [0.05, 0.1) is 0 Å². The smallest absolute Gasteiger partial charge is 0.206 e. The lowest BCUT2D eigenvalue weighted by atomic mass is 10.4. The van der Waals surface area contributed by atoms with E-state index in [1.165, 1.54) is 6.08 Å². The first-order valence-electron chi connectivity index (χ1n) is 2.17. The Morgan fingerprint density at radius 1 is 1.71 bits per heavy atom. The first-order chi connectivity index (χ1) is 3.17. The lowest BCUT2D eigenvalue weighted by Crippen LogP contribution is -1.88. The van der Waals surface area contributed by atoms with Gasteiger partial charge >= 0.3 is 0 Å². The fourth-order valence-corrected chi connectivity index (χ4v) is 0.490. The summed E-state index contributed by atoms with van der Waals surface area (Å²) in [7, 11) is 0. The molecule has 7 heavy (non-hydrogen) atoms. The highest BCUT2D eigenvalue weighted by atomic mass is 19.3. The van der Waals surface area contributed by atoms with Crippen molar-refractivity contribution in [3.63, 3.8) is 0 Å². The van der Waals surface area contributed by atoms with Crippen LogP contribution in [0.25, 0.3) is 0 Å². The van der Waals surface area contributed by atoms with Crippen LogP contribution in [-0.4, -0.2) is 5.92 Å². The molecule has 0 heterocycles. The molecule has 0 radical (unpaired) electrons. The van der Waals surface area contributed by atoms with Crippen LogP contribution >= 0.6 is 0 Å². The van der Waals surface area contributed by atoms with Gasteiger partial charge in [0.15, 0.2) is 0 Å². The standard InChI is InChI=1S/C5H6F2/c1-2-4-3-5(4,6)7/h2,4H,1,3H2. The molecule has 1 rings (SSSR count). The Morgan fingerprint density at radius 3 is 2.14 bits per heavy atom. The third kappa shape index (κ3) is 0.646. The summed E-state index contributed by atoms with van der Waals surface area (Å²) in [6.07, 6.45) is 1.32. The summed E-state index contributed by atoms with van der Waals surface area (Å²) in [5.74, 6) is -2.92. The van der Waals surface area contributed by atoms with Crippen LogP contribution in [0, 0.1) is 5.92 Å². The van der Waals surface area contributed by atoms with Crippen molar-refractivity contribution in [1.29, 1.82) is 0 Å². The Hall–Kier alpha value is -0.400. The summed E-state index contributed by atoms with van der Waals surface area (Å²) >= 11 is 0. The van der Waals surface area contributed by atoms with Crippen molar-refractivity contribution in [2.24, 2.45) is 5.92 Å². The minimum Gasteiger partial charge on any atom is -0.206 e. The van der Waals surface area contributed by atoms with Crippen LogP contribution in [-0.2, 0) is 0 Å². The molecule has 0 saturated heterocycles. The molecule has 1 aliphatic carbocycles. The summed E-state index contributed by atoms with van der Waals surface area (Å²) in [5, 5.41) is 0. The highest BCUT2D eigenvalue weighted by Crippen LogP contribution is 2.48. The lowest BCUT2D eigenvalue weighted by Gasteiger charge is -1.83. The molecule has 1 unspecified atom stereocenters. The molecule has 0 aliphatic heterocycles. The van der Waals surface area contributed by atoms with Gasteiger partial charge in [-0.05, 0) is 0 Å². The first kappa shape index (κ1) is 4.75. The van der Waals surface area contributed by atoms with Gasteiger partial charge in [-0.3, -0.25) is 0 Å². The lowest BCUT2D eigenvalue weighted by molar-refractivity contribution is 0.107. The summed E-state index contributed by atoms with van der Waals surface area (Å²) < 4.78 is 23.5. The van der Waals surface area contributed by atoms with Gasteiger partial charge in [0, 0.05) is 12.3 Å². The maximum Gasteiger partial charge on any atom is 0.255 e. The van der Waals surface area contributed by atoms with E-state index in [0.29, 0.717) is 0 Å². The van der Waals surface area contributed by atoms with Gasteiger partial charge in [-0.1, -0.05) is 6.08 Å². The van der Waals surface area contributed by atoms with Crippen LogP contribution < -0.4 is 0 Å². The third-order valence-corrected chi connectivity index (χ3v) is 1.16. The van der Waals surface area contributed by atoms with Crippen LogP contribution in [0.2, 0.25) is 0 Å². The minimum absolute atomic E-state index is 0.0104. The number of rotatable bonds is 1. The Morgan fingerprint density at radius 2 is 2.14 bits per heavy atom. The van der Waals surface area contributed by atoms with Crippen molar-refractivity contribution < 1.29 is 8.78 Å². The Labute approximate surface area is 40.8 Å². The number of hydrogen-bond donors (Lipinski definition) is 0. The van der Waals surface area contributed by atoms with E-state index in [-0.39, 0.29) is 6.42 Å². The van der Waals surface area contributed by atoms with E-state index in [1.807, 2.05) is 0 Å². The van der Waals surface area contributed by atoms with Crippen LogP contribution in [0.1, 0.15) is 6.42 Å². The number of halogens is 2. The van der Waals surface area contributed by atoms with E-state index in [1.54, 1.807) is 0 Å². The molecule has 0 aromatic carbocycles. The zero-order valence-electron chi connectivity index (χ0n) is 3.82. The fourth-order valence-electron chi connectivity index (χ4n) is 0.490. The zero-order valence-corrected chi connectivity index (χ0v) is 3.82. The second-order valence-electron chi connectivity index (χ2n) is 1.81. The minimum atomic E-state index is -2.40. The molecule has 1 aliphatic rings. The molecular weight excluding hydrogens is 98.1 g/mol. The van der Waals surface area contributed by atoms with Crippen LogP contribution in [0.15, 0.2) is 12.7 Å². The van der Waals surface area contributed by atoms with Gasteiger partial charge in [0.25, 0.3) is 5.92 Å². The van der Waals surface area contributed by atoms with Gasteiger partial charge < -0.3 is 0 Å². The molecule has 0 N–H and O–H groups in total. The van der Waals surface area contributed by atoms with E-state index in [4.69, 9.17) is 0 Å². The molecule has 1 saturated carbocycles. The second-order valence-corrected chi connectivity index (χ2v) is 1.81. The maximum absolute atomic E-state index is 11.7. The van der Waals surface area contributed by atoms with Gasteiger partial charge in [-0.2, -0.15) is 0 Å². The van der Waals surface area contributed by atoms with Crippen molar-refractivity contribution in [3.8, 4) is 0 Å². The van der Waals surface area contributed by atoms with Gasteiger partial charge in [-0.15, -0.1) is 6.58 Å². The molecule has 0 aromatic rings. The highest BCUT2D eigenvalue weighted by Gasteiger charge is 2.54. The van der Waals surface area contributed by atoms with Crippen LogP contribution in [0.3, 0.4) is 0 Å². The molecule has 0 aromatic heterocycles. The molecule has 0 amide bonds. The zero-order chi connectivity index (χ0) is 5.49. The van der Waals surface area contributed by atoms with Crippen molar-refractivity contribution in [2.45, 2.75) is 12.3 Å². The summed E-state index contributed by atoms with van der Waals surface area (Å²) in [5.41, 5.74) is 0. The van der Waals surface area contributed by atoms with E-state index in [9.17, 15) is 8.78 Å². The highest BCUT2D eigenvalue weighted by molar-refractivity contribution is 5.04. The number of allylic oxidation sites excluding steroid dienone is 1. The van der Waals surface area contributed by atoms with Crippen molar-refractivity contribution in [2.75, 3.05) is 0 Å². The third-order valence-electron chi connectivity index (χ3n) is 1.16. The SMILES string of the molecule is C=CC1CC1(F)F. The molecule has 1 fully saturated rings. The van der Waals surface area contributed by atoms with E-state index in [2.05, 4.69) is 6.58 Å². The Kier molecular flexibility index (Phi) is 0.716. The monoisotopic (exact) mass is 104 g/mol. The van der Waals surface area contributed by atoms with Gasteiger partial charge in [0.1, 0.15) is 0 Å². The topological polar surface area (TPSA) is 0 Å². The van der Waals surface area contributed by atoms with Crippen molar-refractivity contribution in [3.05, 3.63) is 12.7 Å². The van der Waals surface area contributed by atoms with E-state index < -0.39 is 11.8 Å². The predicted octanol–water partition coefficient (Wildman–Crippen LogP) is 1.83. The molecule has 40 valence electrons. The van der Waals surface area contributed by atoms with E-state index >= 15 is 0 Å². The van der Waals surface area contributed by atoms with Crippen LogP contribution in [0.5, 0.6) is 0 Å². The molecule has 2 heteroatoms.